The molecule has 0 aliphatic heterocycles. The van der Waals surface area contributed by atoms with Crippen LogP contribution in [-0.4, -0.2) is 26.7 Å². The number of benzene rings is 2. The van der Waals surface area contributed by atoms with Crippen LogP contribution in [0.3, 0.4) is 0 Å². The summed E-state index contributed by atoms with van der Waals surface area (Å²) in [6, 6.07) is 17.4. The van der Waals surface area contributed by atoms with Crippen molar-refractivity contribution in [1.82, 2.24) is 20.1 Å². The number of carbonyl (C=O) groups is 1. The number of halogens is 1. The Kier molecular flexibility index (Phi) is 6.70. The number of nitrogens with zero attached hydrogens (tertiary/aromatic N) is 3. The zero-order valence-electron chi connectivity index (χ0n) is 17.8. The molecule has 0 fully saturated rings. The minimum absolute atomic E-state index is 0.0716. The van der Waals surface area contributed by atoms with Crippen molar-refractivity contribution >= 4 is 17.7 Å². The summed E-state index contributed by atoms with van der Waals surface area (Å²) in [6.07, 6.45) is 2.46. The molecule has 4 aromatic rings. The first-order valence-electron chi connectivity index (χ1n) is 10.3. The molecule has 2 heterocycles. The van der Waals surface area contributed by atoms with Gasteiger partial charge in [0.15, 0.2) is 10.9 Å². The summed E-state index contributed by atoms with van der Waals surface area (Å²) in [5, 5.41) is 12.2. The van der Waals surface area contributed by atoms with Crippen LogP contribution in [0.15, 0.2) is 76.5 Å². The van der Waals surface area contributed by atoms with Crippen LogP contribution in [0.5, 0.6) is 0 Å². The Bertz CT molecular complexity index is 1170. The molecule has 2 aromatic heterocycles. The number of rotatable bonds is 8. The van der Waals surface area contributed by atoms with E-state index in [0.29, 0.717) is 28.1 Å². The number of nitrogens with one attached hydrogen (secondary N) is 1. The van der Waals surface area contributed by atoms with E-state index in [0.717, 1.165) is 17.7 Å². The molecule has 1 atom stereocenters. The third-order valence-electron chi connectivity index (χ3n) is 5.03. The maximum absolute atomic E-state index is 13.5. The van der Waals surface area contributed by atoms with Gasteiger partial charge in [0, 0.05) is 17.4 Å². The van der Waals surface area contributed by atoms with Gasteiger partial charge < -0.3 is 9.73 Å². The van der Waals surface area contributed by atoms with Gasteiger partial charge in [0.2, 0.25) is 5.82 Å². The van der Waals surface area contributed by atoms with E-state index >= 15 is 0 Å². The van der Waals surface area contributed by atoms with E-state index in [9.17, 15) is 9.18 Å². The molecule has 4 rings (SSSR count). The van der Waals surface area contributed by atoms with Crippen LogP contribution >= 0.6 is 11.8 Å². The maximum atomic E-state index is 13.5. The van der Waals surface area contributed by atoms with Gasteiger partial charge in [-0.3, -0.25) is 9.36 Å². The Morgan fingerprint density at radius 1 is 1.12 bits per heavy atom. The minimum Gasteiger partial charge on any atom is -0.461 e. The van der Waals surface area contributed by atoms with E-state index < -0.39 is 0 Å². The van der Waals surface area contributed by atoms with Gasteiger partial charge in [0.05, 0.1) is 12.0 Å². The maximum Gasteiger partial charge on any atom is 0.251 e. The number of thioether (sulfide) groups is 1. The van der Waals surface area contributed by atoms with E-state index in [1.165, 1.54) is 23.9 Å². The Labute approximate surface area is 189 Å². The van der Waals surface area contributed by atoms with Gasteiger partial charge in [-0.05, 0) is 67.4 Å². The van der Waals surface area contributed by atoms with Gasteiger partial charge in [-0.2, -0.15) is 0 Å². The van der Waals surface area contributed by atoms with E-state index in [1.807, 2.05) is 48.7 Å². The number of aromatic nitrogens is 3. The summed E-state index contributed by atoms with van der Waals surface area (Å²) in [7, 11) is 0. The minimum atomic E-state index is -0.312. The van der Waals surface area contributed by atoms with E-state index in [4.69, 9.17) is 4.42 Å². The molecule has 0 aliphatic rings. The largest absolute Gasteiger partial charge is 0.461 e. The zero-order valence-corrected chi connectivity index (χ0v) is 18.6. The number of furan rings is 1. The van der Waals surface area contributed by atoms with Crippen molar-refractivity contribution in [3.63, 3.8) is 0 Å². The van der Waals surface area contributed by atoms with Crippen molar-refractivity contribution in [2.24, 2.45) is 0 Å². The number of hydrogen-bond acceptors (Lipinski definition) is 5. The number of amides is 1. The van der Waals surface area contributed by atoms with E-state index in [-0.39, 0.29) is 17.8 Å². The van der Waals surface area contributed by atoms with Gasteiger partial charge in [0.1, 0.15) is 5.82 Å². The molecule has 1 N–H and O–H groups in total. The molecule has 0 aliphatic carbocycles. The van der Waals surface area contributed by atoms with Crippen LogP contribution in [0.2, 0.25) is 0 Å². The molecule has 1 amide bonds. The van der Waals surface area contributed by atoms with Gasteiger partial charge in [-0.1, -0.05) is 30.8 Å². The highest BCUT2D eigenvalue weighted by Gasteiger charge is 2.18. The molecule has 6 nitrogen and oxygen atoms in total. The van der Waals surface area contributed by atoms with Crippen LogP contribution in [0.1, 0.15) is 36.2 Å². The average molecular weight is 451 g/mol. The van der Waals surface area contributed by atoms with Gasteiger partial charge in [0.25, 0.3) is 5.91 Å². The number of carbonyl (C=O) groups excluding carboxylic acids is 1. The topological polar surface area (TPSA) is 73.0 Å². The molecular weight excluding hydrogens is 427 g/mol. The lowest BCUT2D eigenvalue weighted by atomic mass is 10.1. The molecule has 0 bridgehead atoms. The summed E-state index contributed by atoms with van der Waals surface area (Å²) in [4.78, 5) is 12.3. The second-order valence-corrected chi connectivity index (χ2v) is 8.31. The standard InChI is InChI=1S/C24H23FN4O2S/c1-3-16(2)26-23(30)18-8-6-17(7-9-18)15-32-24-28-27-22(21-5-4-14-31-21)29(24)20-12-10-19(25)11-13-20/h4-14,16H,3,15H2,1-2H3,(H,26,30)/t16-/m0/s1. The Hall–Kier alpha value is -3.39. The van der Waals surface area contributed by atoms with Crippen LogP contribution in [0, 0.1) is 5.82 Å². The molecule has 8 heteroatoms. The average Bonchev–Trinajstić information content (AvgIpc) is 3.48. The lowest BCUT2D eigenvalue weighted by Gasteiger charge is -2.12. The van der Waals surface area contributed by atoms with Gasteiger partial charge >= 0.3 is 0 Å². The third-order valence-corrected chi connectivity index (χ3v) is 6.03. The summed E-state index contributed by atoms with van der Waals surface area (Å²) in [6.45, 7) is 4.02. The lowest BCUT2D eigenvalue weighted by Crippen LogP contribution is -2.31. The first kappa shape index (κ1) is 21.8. The first-order valence-corrected chi connectivity index (χ1v) is 11.3. The van der Waals surface area contributed by atoms with E-state index in [2.05, 4.69) is 15.5 Å². The lowest BCUT2D eigenvalue weighted by molar-refractivity contribution is 0.0939. The first-order chi connectivity index (χ1) is 15.5. The van der Waals surface area contributed by atoms with Crippen LogP contribution in [0.25, 0.3) is 17.3 Å². The summed E-state index contributed by atoms with van der Waals surface area (Å²) >= 11 is 1.50. The predicted molar refractivity (Wildman–Crippen MR) is 122 cm³/mol. The van der Waals surface area contributed by atoms with Crippen molar-refractivity contribution in [1.29, 1.82) is 0 Å². The van der Waals surface area contributed by atoms with Crippen molar-refractivity contribution in [2.45, 2.75) is 37.2 Å². The Morgan fingerprint density at radius 3 is 2.53 bits per heavy atom. The molecule has 0 unspecified atom stereocenters. The van der Waals surface area contributed by atoms with E-state index in [1.54, 1.807) is 24.5 Å². The second kappa shape index (κ2) is 9.82. The Morgan fingerprint density at radius 2 is 1.88 bits per heavy atom. The number of hydrogen-bond donors (Lipinski definition) is 1. The highest BCUT2D eigenvalue weighted by Crippen LogP contribution is 2.30. The molecule has 32 heavy (non-hydrogen) atoms. The van der Waals surface area contributed by atoms with Gasteiger partial charge in [-0.25, -0.2) is 4.39 Å². The summed E-state index contributed by atoms with van der Waals surface area (Å²) < 4.78 is 20.8. The SMILES string of the molecule is CC[C@H](C)NC(=O)c1ccc(CSc2nnc(-c3ccco3)n2-c2ccc(F)cc2)cc1. The van der Waals surface area contributed by atoms with Crippen molar-refractivity contribution in [2.75, 3.05) is 0 Å². The van der Waals surface area contributed by atoms with Gasteiger partial charge in [-0.15, -0.1) is 10.2 Å². The highest BCUT2D eigenvalue weighted by atomic mass is 32.2. The fourth-order valence-electron chi connectivity index (χ4n) is 3.06. The molecule has 0 saturated carbocycles. The molecule has 2 aromatic carbocycles. The predicted octanol–water partition coefficient (Wildman–Crippen LogP) is 5.49. The molecule has 164 valence electrons. The molecule has 0 saturated heterocycles. The van der Waals surface area contributed by atoms with Crippen molar-refractivity contribution in [3.8, 4) is 17.3 Å². The van der Waals surface area contributed by atoms with Crippen LogP contribution in [0.4, 0.5) is 4.39 Å². The Balaban J connectivity index is 1.53. The third kappa shape index (κ3) is 4.91. The van der Waals surface area contributed by atoms with Crippen LogP contribution < -0.4 is 5.32 Å². The van der Waals surface area contributed by atoms with Crippen LogP contribution in [-0.2, 0) is 5.75 Å². The molecular formula is C24H23FN4O2S. The fourth-order valence-corrected chi connectivity index (χ4v) is 3.97. The fraction of sp³-hybridized carbons (Fsp3) is 0.208. The highest BCUT2D eigenvalue weighted by molar-refractivity contribution is 7.98. The normalized spacial score (nSPS) is 12.0. The zero-order chi connectivity index (χ0) is 22.5. The monoisotopic (exact) mass is 450 g/mol. The smallest absolute Gasteiger partial charge is 0.251 e. The second-order valence-electron chi connectivity index (χ2n) is 7.36. The van der Waals surface area contributed by atoms with Crippen molar-refractivity contribution < 1.29 is 13.6 Å². The quantitative estimate of drug-likeness (QED) is 0.360. The molecule has 0 radical (unpaired) electrons. The summed E-state index contributed by atoms with van der Waals surface area (Å²) in [5.41, 5.74) is 2.42. The van der Waals surface area contributed by atoms with Crippen molar-refractivity contribution in [3.05, 3.63) is 83.9 Å². The summed E-state index contributed by atoms with van der Waals surface area (Å²) in [5.74, 6) is 1.36. The molecule has 0 spiro atoms.